The zero-order chi connectivity index (χ0) is 16.8. The number of ether oxygens (including phenoxy) is 2. The van der Waals surface area contributed by atoms with Gasteiger partial charge in [-0.3, -0.25) is 4.79 Å². The monoisotopic (exact) mass is 336 g/mol. The van der Waals surface area contributed by atoms with Gasteiger partial charge in [0.25, 0.3) is 0 Å². The van der Waals surface area contributed by atoms with Crippen molar-refractivity contribution < 1.29 is 19.4 Å². The van der Waals surface area contributed by atoms with Crippen molar-refractivity contribution in [1.29, 1.82) is 0 Å². The van der Waals surface area contributed by atoms with E-state index in [-0.39, 0.29) is 6.42 Å². The molecule has 0 aliphatic heterocycles. The highest BCUT2D eigenvalue weighted by atomic mass is 32.1. The van der Waals surface area contributed by atoms with Crippen molar-refractivity contribution in [1.82, 2.24) is 4.98 Å². The molecule has 0 amide bonds. The Kier molecular flexibility index (Phi) is 5.81. The van der Waals surface area contributed by atoms with Crippen LogP contribution in [-0.4, -0.2) is 29.3 Å². The van der Waals surface area contributed by atoms with Crippen molar-refractivity contribution in [3.05, 3.63) is 28.8 Å². The smallest absolute Gasteiger partial charge is 0.308 e. The first-order valence-electron chi connectivity index (χ1n) is 7.38. The zero-order valence-corrected chi connectivity index (χ0v) is 14.2. The summed E-state index contributed by atoms with van der Waals surface area (Å²) in [4.78, 5) is 15.9. The molecule has 0 radical (unpaired) electrons. The number of aliphatic carboxylic acids is 1. The second-order valence-electron chi connectivity index (χ2n) is 4.75. The van der Waals surface area contributed by atoms with Gasteiger partial charge in [0.1, 0.15) is 0 Å². The van der Waals surface area contributed by atoms with Crippen LogP contribution in [0.5, 0.6) is 11.5 Å². The zero-order valence-electron chi connectivity index (χ0n) is 13.4. The fraction of sp³-hybridized carbons (Fsp3) is 0.375. The molecule has 0 unspecified atom stereocenters. The second kappa shape index (κ2) is 7.82. The molecule has 1 aromatic heterocycles. The predicted molar refractivity (Wildman–Crippen MR) is 90.3 cm³/mol. The van der Waals surface area contributed by atoms with E-state index in [9.17, 15) is 4.79 Å². The number of carboxylic acids is 1. The van der Waals surface area contributed by atoms with E-state index in [1.165, 1.54) is 11.3 Å². The van der Waals surface area contributed by atoms with Gasteiger partial charge in [0, 0.05) is 16.6 Å². The van der Waals surface area contributed by atoms with Gasteiger partial charge in [0.2, 0.25) is 0 Å². The van der Waals surface area contributed by atoms with E-state index < -0.39 is 5.97 Å². The molecular formula is C16H20N2O4S. The van der Waals surface area contributed by atoms with Crippen LogP contribution in [0.1, 0.15) is 24.4 Å². The van der Waals surface area contributed by atoms with Gasteiger partial charge in [-0.1, -0.05) is 0 Å². The highest BCUT2D eigenvalue weighted by Crippen LogP contribution is 2.33. The van der Waals surface area contributed by atoms with E-state index in [1.807, 2.05) is 39.0 Å². The molecule has 0 saturated carbocycles. The molecule has 2 aromatic rings. The van der Waals surface area contributed by atoms with Crippen molar-refractivity contribution >= 4 is 28.1 Å². The SMILES string of the molecule is CCOc1ccc(Nc2nc(C)c(CC(=O)O)s2)cc1OCC. The third-order valence-electron chi connectivity index (χ3n) is 3.00. The normalized spacial score (nSPS) is 10.4. The average Bonchev–Trinajstić information content (AvgIpc) is 2.81. The molecule has 0 atom stereocenters. The third kappa shape index (κ3) is 4.59. The van der Waals surface area contributed by atoms with Crippen molar-refractivity contribution in [2.45, 2.75) is 27.2 Å². The maximum Gasteiger partial charge on any atom is 0.308 e. The topological polar surface area (TPSA) is 80.7 Å². The summed E-state index contributed by atoms with van der Waals surface area (Å²) in [7, 11) is 0. The number of nitrogens with one attached hydrogen (secondary N) is 1. The Balaban J connectivity index is 2.19. The summed E-state index contributed by atoms with van der Waals surface area (Å²) < 4.78 is 11.1. The van der Waals surface area contributed by atoms with Crippen LogP contribution in [0.4, 0.5) is 10.8 Å². The number of aryl methyl sites for hydroxylation is 1. The minimum atomic E-state index is -0.858. The van der Waals surface area contributed by atoms with E-state index in [0.29, 0.717) is 29.8 Å². The maximum absolute atomic E-state index is 10.8. The van der Waals surface area contributed by atoms with E-state index in [0.717, 1.165) is 16.3 Å². The Morgan fingerprint density at radius 1 is 1.26 bits per heavy atom. The summed E-state index contributed by atoms with van der Waals surface area (Å²) in [6.45, 7) is 6.76. The van der Waals surface area contributed by atoms with Gasteiger partial charge < -0.3 is 19.9 Å². The number of hydrogen-bond acceptors (Lipinski definition) is 6. The lowest BCUT2D eigenvalue weighted by atomic mass is 10.2. The number of carboxylic acid groups (broad SMARTS) is 1. The molecule has 0 saturated heterocycles. The Labute approximate surface area is 139 Å². The lowest BCUT2D eigenvalue weighted by Crippen LogP contribution is -1.99. The molecule has 23 heavy (non-hydrogen) atoms. The summed E-state index contributed by atoms with van der Waals surface area (Å²) in [5.41, 5.74) is 1.54. The molecule has 6 nitrogen and oxygen atoms in total. The number of carbonyl (C=O) groups is 1. The van der Waals surface area contributed by atoms with Crippen LogP contribution in [0.25, 0.3) is 0 Å². The minimum absolute atomic E-state index is 0.0152. The molecule has 1 aromatic carbocycles. The highest BCUT2D eigenvalue weighted by molar-refractivity contribution is 7.15. The van der Waals surface area contributed by atoms with Gasteiger partial charge in [-0.25, -0.2) is 4.98 Å². The highest BCUT2D eigenvalue weighted by Gasteiger charge is 2.12. The molecule has 1 heterocycles. The van der Waals surface area contributed by atoms with Gasteiger partial charge >= 0.3 is 5.97 Å². The summed E-state index contributed by atoms with van der Waals surface area (Å²) in [5.74, 6) is 0.503. The molecule has 7 heteroatoms. The number of rotatable bonds is 8. The fourth-order valence-corrected chi connectivity index (χ4v) is 3.01. The maximum atomic E-state index is 10.8. The number of benzene rings is 1. The second-order valence-corrected chi connectivity index (χ2v) is 5.83. The Bertz CT molecular complexity index is 685. The minimum Gasteiger partial charge on any atom is -0.490 e. The average molecular weight is 336 g/mol. The molecule has 0 aliphatic carbocycles. The van der Waals surface area contributed by atoms with Crippen LogP contribution in [0, 0.1) is 6.92 Å². The van der Waals surface area contributed by atoms with Gasteiger partial charge in [-0.15, -0.1) is 11.3 Å². The van der Waals surface area contributed by atoms with Crippen molar-refractivity contribution in [2.24, 2.45) is 0 Å². The van der Waals surface area contributed by atoms with E-state index in [2.05, 4.69) is 10.3 Å². The summed E-state index contributed by atoms with van der Waals surface area (Å²) in [6.07, 6.45) is -0.0152. The molecule has 0 aliphatic rings. The Morgan fingerprint density at radius 2 is 1.96 bits per heavy atom. The molecular weight excluding hydrogens is 316 g/mol. The molecule has 2 N–H and O–H groups in total. The standard InChI is InChI=1S/C16H20N2O4S/c1-4-21-12-7-6-11(8-13(12)22-5-2)18-16-17-10(3)14(23-16)9-15(19)20/h6-8H,4-5,9H2,1-3H3,(H,17,18)(H,19,20). The molecule has 2 rings (SSSR count). The van der Waals surface area contributed by atoms with Gasteiger partial charge in [0.05, 0.1) is 25.3 Å². The Morgan fingerprint density at radius 3 is 2.61 bits per heavy atom. The molecule has 124 valence electrons. The third-order valence-corrected chi connectivity index (χ3v) is 4.07. The van der Waals surface area contributed by atoms with E-state index >= 15 is 0 Å². The van der Waals surface area contributed by atoms with Gasteiger partial charge in [-0.2, -0.15) is 0 Å². The first kappa shape index (κ1) is 17.1. The van der Waals surface area contributed by atoms with Crippen molar-refractivity contribution in [3.8, 4) is 11.5 Å². The first-order valence-corrected chi connectivity index (χ1v) is 8.19. The van der Waals surface area contributed by atoms with E-state index in [1.54, 1.807) is 0 Å². The van der Waals surface area contributed by atoms with E-state index in [4.69, 9.17) is 14.6 Å². The summed E-state index contributed by atoms with van der Waals surface area (Å²) >= 11 is 1.34. The quantitative estimate of drug-likeness (QED) is 0.766. The van der Waals surface area contributed by atoms with Crippen LogP contribution in [0.15, 0.2) is 18.2 Å². The van der Waals surface area contributed by atoms with Crippen molar-refractivity contribution in [3.63, 3.8) is 0 Å². The Hall–Kier alpha value is -2.28. The number of thiazole rings is 1. The van der Waals surface area contributed by atoms with Crippen LogP contribution < -0.4 is 14.8 Å². The largest absolute Gasteiger partial charge is 0.490 e. The van der Waals surface area contributed by atoms with Gasteiger partial charge in [0.15, 0.2) is 16.6 Å². The number of hydrogen-bond donors (Lipinski definition) is 2. The first-order chi connectivity index (χ1) is 11.0. The van der Waals surface area contributed by atoms with Crippen LogP contribution in [-0.2, 0) is 11.2 Å². The number of nitrogens with zero attached hydrogens (tertiary/aromatic N) is 1. The van der Waals surface area contributed by atoms with Crippen LogP contribution in [0.2, 0.25) is 0 Å². The molecule has 0 spiro atoms. The lowest BCUT2D eigenvalue weighted by molar-refractivity contribution is -0.136. The molecule has 0 fully saturated rings. The summed E-state index contributed by atoms with van der Waals surface area (Å²) in [5, 5.41) is 12.7. The predicted octanol–water partition coefficient (Wildman–Crippen LogP) is 3.62. The van der Waals surface area contributed by atoms with Crippen LogP contribution >= 0.6 is 11.3 Å². The molecule has 0 bridgehead atoms. The lowest BCUT2D eigenvalue weighted by Gasteiger charge is -2.12. The van der Waals surface area contributed by atoms with Crippen LogP contribution in [0.3, 0.4) is 0 Å². The number of anilines is 2. The van der Waals surface area contributed by atoms with Gasteiger partial charge in [-0.05, 0) is 32.9 Å². The summed E-state index contributed by atoms with van der Waals surface area (Å²) in [6, 6.07) is 5.57. The number of aromatic nitrogens is 1. The fourth-order valence-electron chi connectivity index (χ4n) is 2.04. The van der Waals surface area contributed by atoms with Crippen molar-refractivity contribution in [2.75, 3.05) is 18.5 Å².